The molecule has 6 nitrogen and oxygen atoms in total. The van der Waals surface area contributed by atoms with Gasteiger partial charge in [-0.1, -0.05) is 0 Å². The number of hydrogen-bond donors (Lipinski definition) is 2. The summed E-state index contributed by atoms with van der Waals surface area (Å²) >= 11 is 0. The minimum Gasteiger partial charge on any atom is -0.481 e. The molecule has 0 atom stereocenters. The first-order valence-corrected chi connectivity index (χ1v) is 5.10. The van der Waals surface area contributed by atoms with Gasteiger partial charge in [0.25, 0.3) is 0 Å². The molecule has 0 saturated heterocycles. The average Bonchev–Trinajstić information content (AvgIpc) is 2.12. The Morgan fingerprint density at radius 1 is 1.19 bits per heavy atom. The van der Waals surface area contributed by atoms with E-state index in [1.165, 1.54) is 13.8 Å². The number of carboxylic acids is 1. The molecule has 2 N–H and O–H groups in total. The van der Waals surface area contributed by atoms with Crippen molar-refractivity contribution in [2.45, 2.75) is 20.3 Å². The van der Waals surface area contributed by atoms with Crippen LogP contribution in [0.5, 0.6) is 0 Å². The van der Waals surface area contributed by atoms with E-state index in [4.69, 9.17) is 5.11 Å². The number of carbonyl (C=O) groups is 3. The van der Waals surface area contributed by atoms with Crippen molar-refractivity contribution in [2.75, 3.05) is 26.2 Å². The highest BCUT2D eigenvalue weighted by Crippen LogP contribution is 1.92. The number of hydrogen-bond acceptors (Lipinski definition) is 4. The predicted octanol–water partition coefficient (Wildman–Crippen LogP) is -0.512. The summed E-state index contributed by atoms with van der Waals surface area (Å²) < 4.78 is 0. The molecule has 0 bridgehead atoms. The van der Waals surface area contributed by atoms with Crippen LogP contribution in [0.3, 0.4) is 0 Å². The van der Waals surface area contributed by atoms with Crippen LogP contribution in [-0.2, 0) is 14.4 Å². The summed E-state index contributed by atoms with van der Waals surface area (Å²) in [6, 6.07) is 0. The number of carboxylic acid groups (broad SMARTS) is 1. The summed E-state index contributed by atoms with van der Waals surface area (Å²) in [5.41, 5.74) is 0. The van der Waals surface area contributed by atoms with Gasteiger partial charge in [-0.15, -0.1) is 0 Å². The second kappa shape index (κ2) is 7.81. The molecule has 0 heterocycles. The highest BCUT2D eigenvalue weighted by atomic mass is 16.4. The lowest BCUT2D eigenvalue weighted by Gasteiger charge is -2.19. The lowest BCUT2D eigenvalue weighted by Crippen LogP contribution is -2.37. The van der Waals surface area contributed by atoms with Crippen molar-refractivity contribution in [1.29, 1.82) is 0 Å². The molecular weight excluding hydrogens is 212 g/mol. The number of nitrogens with zero attached hydrogens (tertiary/aromatic N) is 1. The van der Waals surface area contributed by atoms with Gasteiger partial charge in [0.05, 0.1) is 13.0 Å². The molecule has 0 aliphatic carbocycles. The number of carbonyl (C=O) groups excluding carboxylic acids is 2. The Bertz CT molecular complexity index is 266. The van der Waals surface area contributed by atoms with Crippen LogP contribution in [0.1, 0.15) is 20.3 Å². The van der Waals surface area contributed by atoms with Crippen LogP contribution in [0.25, 0.3) is 0 Å². The van der Waals surface area contributed by atoms with E-state index < -0.39 is 5.97 Å². The fourth-order valence-corrected chi connectivity index (χ4v) is 1.23. The van der Waals surface area contributed by atoms with Crippen molar-refractivity contribution in [2.24, 2.45) is 0 Å². The van der Waals surface area contributed by atoms with Gasteiger partial charge in [0.15, 0.2) is 0 Å². The van der Waals surface area contributed by atoms with E-state index in [0.717, 1.165) is 0 Å². The SMILES string of the molecule is CC(=O)CN(CCNC(C)=O)CCC(=O)O. The number of nitrogens with one attached hydrogen (secondary N) is 1. The van der Waals surface area contributed by atoms with E-state index in [1.807, 2.05) is 0 Å². The van der Waals surface area contributed by atoms with Gasteiger partial charge in [-0.3, -0.25) is 19.3 Å². The van der Waals surface area contributed by atoms with Crippen LogP contribution in [0, 0.1) is 0 Å². The van der Waals surface area contributed by atoms with Crippen LogP contribution in [0.2, 0.25) is 0 Å². The number of Topliss-reactive ketones (excluding diaryl/α,β-unsaturated/α-hetero) is 1. The van der Waals surface area contributed by atoms with E-state index in [-0.39, 0.29) is 24.7 Å². The Morgan fingerprint density at radius 2 is 1.81 bits per heavy atom. The Morgan fingerprint density at radius 3 is 2.25 bits per heavy atom. The lowest BCUT2D eigenvalue weighted by atomic mass is 10.3. The van der Waals surface area contributed by atoms with Crippen LogP contribution in [-0.4, -0.2) is 53.8 Å². The zero-order chi connectivity index (χ0) is 12.6. The summed E-state index contributed by atoms with van der Waals surface area (Å²) in [4.78, 5) is 33.6. The number of aliphatic carboxylic acids is 1. The fraction of sp³-hybridized carbons (Fsp3) is 0.700. The van der Waals surface area contributed by atoms with Gasteiger partial charge >= 0.3 is 5.97 Å². The van der Waals surface area contributed by atoms with Gasteiger partial charge in [-0.25, -0.2) is 0 Å². The second-order valence-corrected chi connectivity index (χ2v) is 3.60. The number of ketones is 1. The van der Waals surface area contributed by atoms with E-state index in [0.29, 0.717) is 19.6 Å². The Kier molecular flexibility index (Phi) is 7.11. The first kappa shape index (κ1) is 14.6. The first-order chi connectivity index (χ1) is 7.41. The zero-order valence-electron chi connectivity index (χ0n) is 9.65. The fourth-order valence-electron chi connectivity index (χ4n) is 1.23. The molecule has 0 saturated carbocycles. The molecule has 0 aromatic carbocycles. The van der Waals surface area contributed by atoms with Crippen molar-refractivity contribution in [3.05, 3.63) is 0 Å². The maximum absolute atomic E-state index is 10.9. The van der Waals surface area contributed by atoms with Crippen molar-refractivity contribution in [3.8, 4) is 0 Å². The average molecular weight is 230 g/mol. The molecule has 92 valence electrons. The summed E-state index contributed by atoms with van der Waals surface area (Å²) in [6.07, 6.45) is -0.00660. The molecule has 16 heavy (non-hydrogen) atoms. The van der Waals surface area contributed by atoms with Crippen LogP contribution >= 0.6 is 0 Å². The van der Waals surface area contributed by atoms with Crippen molar-refractivity contribution < 1.29 is 19.5 Å². The summed E-state index contributed by atoms with van der Waals surface area (Å²) in [6.45, 7) is 4.29. The highest BCUT2D eigenvalue weighted by Gasteiger charge is 2.09. The van der Waals surface area contributed by atoms with Gasteiger partial charge in [-0.05, 0) is 6.92 Å². The van der Waals surface area contributed by atoms with Crippen LogP contribution in [0.15, 0.2) is 0 Å². The summed E-state index contributed by atoms with van der Waals surface area (Å²) in [5, 5.41) is 11.1. The molecule has 0 unspecified atom stereocenters. The molecule has 0 aromatic rings. The van der Waals surface area contributed by atoms with E-state index in [9.17, 15) is 14.4 Å². The predicted molar refractivity (Wildman–Crippen MR) is 58.1 cm³/mol. The first-order valence-electron chi connectivity index (χ1n) is 5.10. The quantitative estimate of drug-likeness (QED) is 0.586. The lowest BCUT2D eigenvalue weighted by molar-refractivity contribution is -0.137. The monoisotopic (exact) mass is 230 g/mol. The maximum Gasteiger partial charge on any atom is 0.304 e. The summed E-state index contributed by atoms with van der Waals surface area (Å²) in [7, 11) is 0. The standard InChI is InChI=1S/C10H18N2O4/c1-8(13)7-12(5-3-10(15)16)6-4-11-9(2)14/h3-7H2,1-2H3,(H,11,14)(H,15,16). The largest absolute Gasteiger partial charge is 0.481 e. The second-order valence-electron chi connectivity index (χ2n) is 3.60. The molecule has 6 heteroatoms. The van der Waals surface area contributed by atoms with Gasteiger partial charge in [-0.2, -0.15) is 0 Å². The highest BCUT2D eigenvalue weighted by molar-refractivity contribution is 5.77. The Labute approximate surface area is 94.6 Å². The molecule has 0 spiro atoms. The molecule has 0 rings (SSSR count). The van der Waals surface area contributed by atoms with Gasteiger partial charge in [0.2, 0.25) is 5.91 Å². The maximum atomic E-state index is 10.9. The van der Waals surface area contributed by atoms with E-state index >= 15 is 0 Å². The minimum atomic E-state index is -0.895. The Hall–Kier alpha value is -1.43. The molecule has 0 aromatic heterocycles. The molecule has 0 aliphatic heterocycles. The molecule has 0 aliphatic rings. The molecular formula is C10H18N2O4. The molecule has 1 amide bonds. The number of amides is 1. The van der Waals surface area contributed by atoms with Gasteiger partial charge in [0, 0.05) is 26.6 Å². The molecule has 0 radical (unpaired) electrons. The third-order valence-corrected chi connectivity index (χ3v) is 1.89. The smallest absolute Gasteiger partial charge is 0.304 e. The van der Waals surface area contributed by atoms with Crippen molar-refractivity contribution in [3.63, 3.8) is 0 Å². The van der Waals surface area contributed by atoms with Crippen LogP contribution in [0.4, 0.5) is 0 Å². The van der Waals surface area contributed by atoms with Gasteiger partial charge < -0.3 is 10.4 Å². The number of rotatable bonds is 8. The van der Waals surface area contributed by atoms with Gasteiger partial charge in [0.1, 0.15) is 5.78 Å². The normalized spacial score (nSPS) is 10.2. The topological polar surface area (TPSA) is 86.7 Å². The van der Waals surface area contributed by atoms with Crippen molar-refractivity contribution in [1.82, 2.24) is 10.2 Å². The van der Waals surface area contributed by atoms with E-state index in [2.05, 4.69) is 5.32 Å². The minimum absolute atomic E-state index is 0.00660. The Balaban J connectivity index is 3.94. The third-order valence-electron chi connectivity index (χ3n) is 1.89. The van der Waals surface area contributed by atoms with Crippen LogP contribution < -0.4 is 5.32 Å². The zero-order valence-corrected chi connectivity index (χ0v) is 9.65. The third kappa shape index (κ3) is 9.14. The summed E-state index contributed by atoms with van der Waals surface area (Å²) in [5.74, 6) is -1.05. The van der Waals surface area contributed by atoms with Crippen molar-refractivity contribution >= 4 is 17.7 Å². The van der Waals surface area contributed by atoms with E-state index in [1.54, 1.807) is 4.90 Å². The molecule has 0 fully saturated rings.